The Bertz CT molecular complexity index is 800. The number of hydrogen-bond acceptors (Lipinski definition) is 3. The Kier molecular flexibility index (Phi) is 6.10. The second kappa shape index (κ2) is 8.34. The second-order valence-electron chi connectivity index (χ2n) is 7.90. The summed E-state index contributed by atoms with van der Waals surface area (Å²) in [4.78, 5) is 13.9. The molecule has 1 unspecified atom stereocenters. The van der Waals surface area contributed by atoms with Gasteiger partial charge < -0.3 is 14.4 Å². The van der Waals surface area contributed by atoms with E-state index >= 15 is 0 Å². The molecule has 2 aromatic carbocycles. The van der Waals surface area contributed by atoms with E-state index in [2.05, 4.69) is 34.1 Å². The first-order chi connectivity index (χ1) is 12.8. The van der Waals surface area contributed by atoms with Crippen molar-refractivity contribution < 1.29 is 14.3 Å². The number of nitrogens with zero attached hydrogens (tertiary/aromatic N) is 1. The van der Waals surface area contributed by atoms with Gasteiger partial charge in [0.1, 0.15) is 11.4 Å². The van der Waals surface area contributed by atoms with E-state index in [9.17, 15) is 4.79 Å². The summed E-state index contributed by atoms with van der Waals surface area (Å²) in [6.45, 7) is 7.66. The summed E-state index contributed by atoms with van der Waals surface area (Å²) in [5.74, 6) is 1.17. The zero-order chi connectivity index (χ0) is 19.4. The van der Waals surface area contributed by atoms with Gasteiger partial charge in [0.05, 0.1) is 6.61 Å². The van der Waals surface area contributed by atoms with E-state index in [1.165, 1.54) is 0 Å². The normalized spacial score (nSPS) is 17.0. The number of carbonyl (C=O) groups excluding carboxylic acids is 1. The number of halogens is 1. The van der Waals surface area contributed by atoms with Crippen LogP contribution in [0.5, 0.6) is 5.75 Å². The van der Waals surface area contributed by atoms with Gasteiger partial charge in [0, 0.05) is 23.5 Å². The highest BCUT2D eigenvalue weighted by molar-refractivity contribution is 9.10. The van der Waals surface area contributed by atoms with Crippen LogP contribution >= 0.6 is 15.9 Å². The van der Waals surface area contributed by atoms with Crippen LogP contribution in [0.3, 0.4) is 0 Å². The van der Waals surface area contributed by atoms with Crippen molar-refractivity contribution >= 4 is 22.0 Å². The van der Waals surface area contributed by atoms with Crippen molar-refractivity contribution in [1.82, 2.24) is 4.90 Å². The number of amides is 1. The molecule has 1 amide bonds. The minimum atomic E-state index is -0.460. The molecule has 0 N–H and O–H groups in total. The standard InChI is InChI=1S/C22H26BrNO3/c1-22(2,3)27-21(25)24-12-11-16(14-24)15-26-18-8-6-7-17(13-18)19-9-4-5-10-20(19)23/h4-10,13,16H,11-12,14-15H2,1-3H3. The second-order valence-corrected chi connectivity index (χ2v) is 8.75. The molecule has 1 aliphatic heterocycles. The van der Waals surface area contributed by atoms with Gasteiger partial charge in [-0.05, 0) is 56.5 Å². The van der Waals surface area contributed by atoms with Gasteiger partial charge >= 0.3 is 6.09 Å². The lowest BCUT2D eigenvalue weighted by Gasteiger charge is -2.24. The first-order valence-corrected chi connectivity index (χ1v) is 10.1. The fourth-order valence-electron chi connectivity index (χ4n) is 3.12. The van der Waals surface area contributed by atoms with Crippen molar-refractivity contribution in [3.63, 3.8) is 0 Å². The Morgan fingerprint density at radius 1 is 1.19 bits per heavy atom. The molecule has 3 rings (SSSR count). The molecule has 144 valence electrons. The Morgan fingerprint density at radius 2 is 1.96 bits per heavy atom. The van der Waals surface area contributed by atoms with Gasteiger partial charge in [0.15, 0.2) is 0 Å². The lowest BCUT2D eigenvalue weighted by molar-refractivity contribution is 0.0285. The zero-order valence-corrected chi connectivity index (χ0v) is 17.7. The molecule has 4 nitrogen and oxygen atoms in total. The number of ether oxygens (including phenoxy) is 2. The summed E-state index contributed by atoms with van der Waals surface area (Å²) in [5, 5.41) is 0. The van der Waals surface area contributed by atoms with Crippen LogP contribution in [0.1, 0.15) is 27.2 Å². The first-order valence-electron chi connectivity index (χ1n) is 9.27. The summed E-state index contributed by atoms with van der Waals surface area (Å²) in [6.07, 6.45) is 0.698. The monoisotopic (exact) mass is 431 g/mol. The molecule has 0 aliphatic carbocycles. The summed E-state index contributed by atoms with van der Waals surface area (Å²) >= 11 is 3.60. The molecule has 1 atom stereocenters. The average Bonchev–Trinajstić information content (AvgIpc) is 3.08. The maximum atomic E-state index is 12.2. The molecule has 0 radical (unpaired) electrons. The van der Waals surface area contributed by atoms with E-state index in [0.29, 0.717) is 19.1 Å². The highest BCUT2D eigenvalue weighted by Crippen LogP contribution is 2.30. The third kappa shape index (κ3) is 5.48. The Labute approximate surface area is 169 Å². The van der Waals surface area contributed by atoms with Crippen LogP contribution < -0.4 is 4.74 Å². The molecule has 0 aromatic heterocycles. The molecule has 1 saturated heterocycles. The van der Waals surface area contributed by atoms with E-state index in [1.807, 2.05) is 51.1 Å². The fraction of sp³-hybridized carbons (Fsp3) is 0.409. The van der Waals surface area contributed by atoms with Gasteiger partial charge in [-0.1, -0.05) is 46.3 Å². The van der Waals surface area contributed by atoms with Crippen molar-refractivity contribution in [2.45, 2.75) is 32.8 Å². The first kappa shape index (κ1) is 19.7. The molecule has 0 spiro atoms. The number of rotatable bonds is 4. The quantitative estimate of drug-likeness (QED) is 0.618. The van der Waals surface area contributed by atoms with E-state index in [4.69, 9.17) is 9.47 Å². The smallest absolute Gasteiger partial charge is 0.410 e. The minimum Gasteiger partial charge on any atom is -0.493 e. The molecular formula is C22H26BrNO3. The highest BCUT2D eigenvalue weighted by Gasteiger charge is 2.30. The highest BCUT2D eigenvalue weighted by atomic mass is 79.9. The van der Waals surface area contributed by atoms with Crippen LogP contribution in [-0.4, -0.2) is 36.3 Å². The number of benzene rings is 2. The summed E-state index contributed by atoms with van der Waals surface area (Å²) in [6, 6.07) is 16.3. The maximum absolute atomic E-state index is 12.2. The summed E-state index contributed by atoms with van der Waals surface area (Å²) in [5.41, 5.74) is 1.79. The van der Waals surface area contributed by atoms with Gasteiger partial charge in [0.25, 0.3) is 0 Å². The van der Waals surface area contributed by atoms with E-state index in [1.54, 1.807) is 4.90 Å². The van der Waals surface area contributed by atoms with Crippen molar-refractivity contribution in [3.05, 3.63) is 53.0 Å². The number of carbonyl (C=O) groups is 1. The van der Waals surface area contributed by atoms with Crippen molar-refractivity contribution in [2.75, 3.05) is 19.7 Å². The predicted octanol–water partition coefficient (Wildman–Crippen LogP) is 5.75. The van der Waals surface area contributed by atoms with Gasteiger partial charge in [0.2, 0.25) is 0 Å². The van der Waals surface area contributed by atoms with Crippen molar-refractivity contribution in [1.29, 1.82) is 0 Å². The van der Waals surface area contributed by atoms with Crippen molar-refractivity contribution in [2.24, 2.45) is 5.92 Å². The van der Waals surface area contributed by atoms with E-state index in [0.717, 1.165) is 34.3 Å². The maximum Gasteiger partial charge on any atom is 0.410 e. The summed E-state index contributed by atoms with van der Waals surface area (Å²) in [7, 11) is 0. The lowest BCUT2D eigenvalue weighted by Crippen LogP contribution is -2.35. The predicted molar refractivity (Wildman–Crippen MR) is 111 cm³/mol. The molecule has 1 aliphatic rings. The van der Waals surface area contributed by atoms with E-state index in [-0.39, 0.29) is 6.09 Å². The molecule has 1 fully saturated rings. The Hall–Kier alpha value is -2.01. The van der Waals surface area contributed by atoms with Crippen LogP contribution in [0.25, 0.3) is 11.1 Å². The van der Waals surface area contributed by atoms with Gasteiger partial charge in [-0.2, -0.15) is 0 Å². The number of likely N-dealkylation sites (tertiary alicyclic amines) is 1. The molecule has 27 heavy (non-hydrogen) atoms. The van der Waals surface area contributed by atoms with Crippen molar-refractivity contribution in [3.8, 4) is 16.9 Å². The van der Waals surface area contributed by atoms with Gasteiger partial charge in [-0.25, -0.2) is 4.79 Å². The SMILES string of the molecule is CC(C)(C)OC(=O)N1CCC(COc2cccc(-c3ccccc3Br)c2)C1. The van der Waals surface area contributed by atoms with Gasteiger partial charge in [-0.3, -0.25) is 0 Å². The number of hydrogen-bond donors (Lipinski definition) is 0. The van der Waals surface area contributed by atoms with Crippen LogP contribution in [0.2, 0.25) is 0 Å². The molecule has 0 bridgehead atoms. The summed E-state index contributed by atoms with van der Waals surface area (Å²) < 4.78 is 12.5. The molecule has 5 heteroatoms. The van der Waals surface area contributed by atoms with E-state index < -0.39 is 5.60 Å². The largest absolute Gasteiger partial charge is 0.493 e. The molecule has 0 saturated carbocycles. The average molecular weight is 432 g/mol. The molecule has 1 heterocycles. The third-order valence-electron chi connectivity index (χ3n) is 4.44. The third-order valence-corrected chi connectivity index (χ3v) is 5.13. The van der Waals surface area contributed by atoms with Gasteiger partial charge in [-0.15, -0.1) is 0 Å². The van der Waals surface area contributed by atoms with Crippen LogP contribution in [0.15, 0.2) is 53.0 Å². The zero-order valence-electron chi connectivity index (χ0n) is 16.1. The minimum absolute atomic E-state index is 0.235. The Morgan fingerprint density at radius 3 is 2.70 bits per heavy atom. The fourth-order valence-corrected chi connectivity index (χ4v) is 3.64. The topological polar surface area (TPSA) is 38.8 Å². The molecule has 2 aromatic rings. The van der Waals surface area contributed by atoms with Crippen LogP contribution in [0.4, 0.5) is 4.79 Å². The Balaban J connectivity index is 1.56. The lowest BCUT2D eigenvalue weighted by atomic mass is 10.1. The molecular weight excluding hydrogens is 406 g/mol. The van der Waals surface area contributed by atoms with Crippen LogP contribution in [0, 0.1) is 5.92 Å². The van der Waals surface area contributed by atoms with Crippen LogP contribution in [-0.2, 0) is 4.74 Å².